The first-order valence-corrected chi connectivity index (χ1v) is 9.59. The van der Waals surface area contributed by atoms with Gasteiger partial charge >= 0.3 is 11.7 Å². The van der Waals surface area contributed by atoms with E-state index in [-0.39, 0.29) is 24.1 Å². The third-order valence-electron chi connectivity index (χ3n) is 5.58. The average molecular weight is 402 g/mol. The van der Waals surface area contributed by atoms with Gasteiger partial charge in [0, 0.05) is 33.2 Å². The zero-order valence-electron chi connectivity index (χ0n) is 17.2. The van der Waals surface area contributed by atoms with Crippen LogP contribution in [-0.2, 0) is 23.9 Å². The Morgan fingerprint density at radius 3 is 2.52 bits per heavy atom. The molecule has 3 heterocycles. The van der Waals surface area contributed by atoms with Crippen molar-refractivity contribution in [1.29, 1.82) is 0 Å². The van der Waals surface area contributed by atoms with Crippen molar-refractivity contribution >= 4 is 23.1 Å². The van der Waals surface area contributed by atoms with Gasteiger partial charge in [-0.25, -0.2) is 9.59 Å². The Kier molecular flexibility index (Phi) is 5.53. The van der Waals surface area contributed by atoms with Gasteiger partial charge in [-0.1, -0.05) is 12.8 Å². The van der Waals surface area contributed by atoms with Crippen LogP contribution in [0.25, 0.3) is 11.2 Å². The molecule has 0 aliphatic carbocycles. The molecule has 10 nitrogen and oxygen atoms in total. The number of hydrogen-bond donors (Lipinski definition) is 2. The van der Waals surface area contributed by atoms with Crippen molar-refractivity contribution in [2.45, 2.75) is 39.3 Å². The van der Waals surface area contributed by atoms with Crippen LogP contribution in [0.5, 0.6) is 0 Å². The number of anilines is 1. The summed E-state index contributed by atoms with van der Waals surface area (Å²) in [7, 11) is 1.35. The van der Waals surface area contributed by atoms with E-state index in [4.69, 9.17) is 0 Å². The Labute approximate surface area is 167 Å². The monoisotopic (exact) mass is 402 g/mol. The maximum absolute atomic E-state index is 13.0. The van der Waals surface area contributed by atoms with Crippen molar-refractivity contribution < 1.29 is 9.90 Å². The highest BCUT2D eigenvalue weighted by molar-refractivity contribution is 5.81. The van der Waals surface area contributed by atoms with E-state index in [1.54, 1.807) is 18.4 Å². The topological polar surface area (TPSA) is 114 Å². The first-order valence-electron chi connectivity index (χ1n) is 9.59. The van der Waals surface area contributed by atoms with Crippen LogP contribution in [0.15, 0.2) is 9.59 Å². The minimum absolute atomic E-state index is 0.0799. The molecule has 1 saturated heterocycles. The van der Waals surface area contributed by atoms with Crippen LogP contribution in [0.1, 0.15) is 27.2 Å². The Bertz CT molecular complexity index is 1130. The normalized spacial score (nSPS) is 16.3. The number of fused-ring (bicyclic) bond motifs is 1. The maximum Gasteiger partial charge on any atom is 0.333 e. The molecule has 1 fully saturated rings. The Hall–Kier alpha value is -3.06. The van der Waals surface area contributed by atoms with Gasteiger partial charge in [-0.2, -0.15) is 4.98 Å². The van der Waals surface area contributed by atoms with E-state index in [0.29, 0.717) is 19.0 Å². The zero-order valence-corrected chi connectivity index (χ0v) is 17.2. The van der Waals surface area contributed by atoms with Crippen molar-refractivity contribution in [2.75, 3.05) is 31.1 Å². The van der Waals surface area contributed by atoms with Gasteiger partial charge in [-0.05, 0) is 20.3 Å². The highest BCUT2D eigenvalue weighted by atomic mass is 16.4. The van der Waals surface area contributed by atoms with Crippen LogP contribution >= 0.6 is 0 Å². The molecule has 29 heavy (non-hydrogen) atoms. The van der Waals surface area contributed by atoms with Crippen molar-refractivity contribution in [1.82, 2.24) is 24.0 Å². The van der Waals surface area contributed by atoms with Crippen LogP contribution in [0, 0.1) is 11.8 Å². The second-order valence-corrected chi connectivity index (χ2v) is 7.25. The highest BCUT2D eigenvalue weighted by Gasteiger charge is 2.38. The SMILES string of the molecule is CC#CCn1c(N2CCNCC2)nc2c1c(=O)n(C)c(=O)n2C(C)(CC)C(=O)O. The fraction of sp³-hybridized carbons (Fsp3) is 0.579. The van der Waals surface area contributed by atoms with Crippen molar-refractivity contribution in [3.63, 3.8) is 0 Å². The summed E-state index contributed by atoms with van der Waals surface area (Å²) in [5, 5.41) is 13.1. The number of nitrogens with one attached hydrogen (secondary N) is 1. The molecule has 2 N–H and O–H groups in total. The maximum atomic E-state index is 13.0. The number of carbonyl (C=O) groups is 1. The summed E-state index contributed by atoms with van der Waals surface area (Å²) >= 11 is 0. The summed E-state index contributed by atoms with van der Waals surface area (Å²) in [4.78, 5) is 44.8. The molecule has 0 amide bonds. The molecule has 0 bridgehead atoms. The van der Waals surface area contributed by atoms with Crippen molar-refractivity contribution in [2.24, 2.45) is 7.05 Å². The fourth-order valence-electron chi connectivity index (χ4n) is 3.55. The first kappa shape index (κ1) is 20.7. The van der Waals surface area contributed by atoms with Gasteiger partial charge in [0.25, 0.3) is 5.56 Å². The Morgan fingerprint density at radius 2 is 1.97 bits per heavy atom. The summed E-state index contributed by atoms with van der Waals surface area (Å²) in [5.41, 5.74) is -2.50. The number of rotatable bonds is 5. The lowest BCUT2D eigenvalue weighted by Crippen LogP contribution is -2.50. The quantitative estimate of drug-likeness (QED) is 0.651. The lowest BCUT2D eigenvalue weighted by molar-refractivity contribution is -0.146. The largest absolute Gasteiger partial charge is 0.479 e. The average Bonchev–Trinajstić information content (AvgIpc) is 3.09. The van der Waals surface area contributed by atoms with E-state index >= 15 is 0 Å². The molecule has 2 aromatic heterocycles. The molecule has 0 radical (unpaired) electrons. The van der Waals surface area contributed by atoms with E-state index in [1.165, 1.54) is 14.0 Å². The number of aromatic nitrogens is 4. The van der Waals surface area contributed by atoms with Gasteiger partial charge in [-0.3, -0.25) is 18.5 Å². The molecule has 3 rings (SSSR count). The van der Waals surface area contributed by atoms with E-state index in [2.05, 4.69) is 22.1 Å². The van der Waals surface area contributed by atoms with Gasteiger partial charge in [0.2, 0.25) is 5.95 Å². The molecule has 0 saturated carbocycles. The predicted molar refractivity (Wildman–Crippen MR) is 109 cm³/mol. The molecule has 1 aliphatic rings. The second kappa shape index (κ2) is 7.75. The lowest BCUT2D eigenvalue weighted by atomic mass is 9.99. The zero-order chi connectivity index (χ0) is 21.3. The van der Waals surface area contributed by atoms with Gasteiger partial charge in [0.1, 0.15) is 5.54 Å². The Morgan fingerprint density at radius 1 is 1.31 bits per heavy atom. The number of carboxylic acids is 1. The van der Waals surface area contributed by atoms with E-state index in [1.807, 2.05) is 4.90 Å². The molecule has 1 unspecified atom stereocenters. The van der Waals surface area contributed by atoms with Gasteiger partial charge < -0.3 is 15.3 Å². The first-order chi connectivity index (χ1) is 13.8. The van der Waals surface area contributed by atoms with E-state index in [0.717, 1.165) is 22.2 Å². The van der Waals surface area contributed by atoms with Gasteiger partial charge in [0.15, 0.2) is 11.2 Å². The van der Waals surface area contributed by atoms with Crippen LogP contribution < -0.4 is 21.5 Å². The Balaban J connectivity index is 2.46. The van der Waals surface area contributed by atoms with Crippen LogP contribution in [0.2, 0.25) is 0 Å². The molecule has 0 spiro atoms. The number of piperazine rings is 1. The van der Waals surface area contributed by atoms with Crippen LogP contribution in [0.3, 0.4) is 0 Å². The molecule has 1 aliphatic heterocycles. The summed E-state index contributed by atoms with van der Waals surface area (Å²) in [6.45, 7) is 7.95. The number of nitrogens with zero attached hydrogens (tertiary/aromatic N) is 5. The minimum Gasteiger partial charge on any atom is -0.479 e. The predicted octanol–water partition coefficient (Wildman–Crippen LogP) is -0.461. The molecular weight excluding hydrogens is 376 g/mol. The number of hydrogen-bond acceptors (Lipinski definition) is 6. The molecule has 1 atom stereocenters. The summed E-state index contributed by atoms with van der Waals surface area (Å²) in [6, 6.07) is 0. The molecule has 10 heteroatoms. The third kappa shape index (κ3) is 3.21. The molecule has 2 aromatic rings. The van der Waals surface area contributed by atoms with Crippen LogP contribution in [-0.4, -0.2) is 55.9 Å². The lowest BCUT2D eigenvalue weighted by Gasteiger charge is -2.28. The van der Waals surface area contributed by atoms with Crippen molar-refractivity contribution in [3.8, 4) is 11.8 Å². The molecular formula is C19H26N6O4. The molecule has 0 aromatic carbocycles. The summed E-state index contributed by atoms with van der Waals surface area (Å²) in [6.07, 6.45) is 0.153. The summed E-state index contributed by atoms with van der Waals surface area (Å²) in [5.74, 6) is 5.14. The number of aliphatic carboxylic acids is 1. The number of carboxylic acid groups (broad SMARTS) is 1. The third-order valence-corrected chi connectivity index (χ3v) is 5.58. The highest BCUT2D eigenvalue weighted by Crippen LogP contribution is 2.26. The smallest absolute Gasteiger partial charge is 0.333 e. The summed E-state index contributed by atoms with van der Waals surface area (Å²) < 4.78 is 3.76. The van der Waals surface area contributed by atoms with Gasteiger partial charge in [0.05, 0.1) is 6.54 Å². The molecule has 156 valence electrons. The van der Waals surface area contributed by atoms with Crippen LogP contribution in [0.4, 0.5) is 5.95 Å². The fourth-order valence-corrected chi connectivity index (χ4v) is 3.55. The van der Waals surface area contributed by atoms with Crippen molar-refractivity contribution in [3.05, 3.63) is 20.8 Å². The van der Waals surface area contributed by atoms with E-state index < -0.39 is 22.8 Å². The standard InChI is InChI=1S/C19H26N6O4/c1-5-7-10-24-13-14(21-17(24)23-11-8-20-9-12-23)25(18(29)22(4)15(13)26)19(3,6-2)16(27)28/h20H,6,8-12H2,1-4H3,(H,27,28). The number of imidazole rings is 1. The van der Waals surface area contributed by atoms with E-state index in [9.17, 15) is 19.5 Å². The second-order valence-electron chi connectivity index (χ2n) is 7.25. The van der Waals surface area contributed by atoms with Gasteiger partial charge in [-0.15, -0.1) is 5.92 Å². The minimum atomic E-state index is -1.54.